The van der Waals surface area contributed by atoms with Crippen LogP contribution < -0.4 is 0 Å². The zero-order valence-electron chi connectivity index (χ0n) is 18.9. The number of hydrogen-bond donors (Lipinski definition) is 0. The number of halogens is 1. The van der Waals surface area contributed by atoms with Crippen molar-refractivity contribution in [2.45, 2.75) is 45.4 Å². The standard InChI is InChI=1S/C31H27I/c1-29(2,3)27-12-10-26(11-13-27)25-8-4-23(5-9-25)16-18-30-20-31(21-30,22-30)19-17-24-6-14-28(32)15-7-24/h4-15H,20-22H2,1-3H3. The van der Waals surface area contributed by atoms with Gasteiger partial charge in [0.1, 0.15) is 0 Å². The molecule has 2 bridgehead atoms. The Morgan fingerprint density at radius 2 is 1.03 bits per heavy atom. The molecule has 0 amide bonds. The van der Waals surface area contributed by atoms with Crippen LogP contribution in [0.1, 0.15) is 56.7 Å². The lowest BCUT2D eigenvalue weighted by atomic mass is 9.36. The first-order chi connectivity index (χ1) is 15.2. The lowest BCUT2D eigenvalue weighted by Gasteiger charge is -2.65. The molecule has 158 valence electrons. The summed E-state index contributed by atoms with van der Waals surface area (Å²) in [5.74, 6) is 13.9. The number of rotatable bonds is 1. The van der Waals surface area contributed by atoms with E-state index in [-0.39, 0.29) is 16.2 Å². The lowest BCUT2D eigenvalue weighted by molar-refractivity contribution is -0.113. The van der Waals surface area contributed by atoms with Crippen molar-refractivity contribution in [1.82, 2.24) is 0 Å². The second-order valence-corrected chi connectivity index (χ2v) is 11.7. The molecule has 0 N–H and O–H groups in total. The molecule has 3 aliphatic carbocycles. The van der Waals surface area contributed by atoms with Gasteiger partial charge in [-0.25, -0.2) is 0 Å². The third-order valence-electron chi connectivity index (χ3n) is 6.79. The number of benzene rings is 3. The van der Waals surface area contributed by atoms with Crippen molar-refractivity contribution in [2.24, 2.45) is 10.8 Å². The molecule has 1 heteroatoms. The summed E-state index contributed by atoms with van der Waals surface area (Å²) in [5.41, 5.74) is 6.69. The summed E-state index contributed by atoms with van der Waals surface area (Å²) in [4.78, 5) is 0. The van der Waals surface area contributed by atoms with Crippen LogP contribution in [0.3, 0.4) is 0 Å². The summed E-state index contributed by atoms with van der Waals surface area (Å²) in [6, 6.07) is 26.0. The second kappa shape index (κ2) is 7.83. The highest BCUT2D eigenvalue weighted by atomic mass is 127. The van der Waals surface area contributed by atoms with Crippen LogP contribution in [0.5, 0.6) is 0 Å². The summed E-state index contributed by atoms with van der Waals surface area (Å²) in [5, 5.41) is 0. The minimum Gasteiger partial charge on any atom is -0.0909 e. The Morgan fingerprint density at radius 1 is 0.625 bits per heavy atom. The van der Waals surface area contributed by atoms with E-state index in [1.54, 1.807) is 0 Å². The van der Waals surface area contributed by atoms with Gasteiger partial charge in [0.05, 0.1) is 0 Å². The van der Waals surface area contributed by atoms with Gasteiger partial charge in [0.2, 0.25) is 0 Å². The molecule has 0 aliphatic heterocycles. The van der Waals surface area contributed by atoms with Crippen LogP contribution >= 0.6 is 22.6 Å². The smallest absolute Gasteiger partial charge is 0.0361 e. The van der Waals surface area contributed by atoms with Crippen LogP contribution in [-0.2, 0) is 5.41 Å². The van der Waals surface area contributed by atoms with Gasteiger partial charge in [-0.15, -0.1) is 0 Å². The minimum atomic E-state index is 0.185. The topological polar surface area (TPSA) is 0 Å². The van der Waals surface area contributed by atoms with Crippen molar-refractivity contribution in [1.29, 1.82) is 0 Å². The van der Waals surface area contributed by atoms with Crippen LogP contribution in [0, 0.1) is 38.1 Å². The molecule has 0 unspecified atom stereocenters. The fraction of sp³-hybridized carbons (Fsp3) is 0.290. The fourth-order valence-corrected chi connectivity index (χ4v) is 5.26. The Morgan fingerprint density at radius 3 is 1.47 bits per heavy atom. The molecule has 3 aromatic carbocycles. The average molecular weight is 526 g/mol. The first-order valence-corrected chi connectivity index (χ1v) is 12.4. The fourth-order valence-electron chi connectivity index (χ4n) is 4.90. The van der Waals surface area contributed by atoms with Gasteiger partial charge < -0.3 is 0 Å². The molecular weight excluding hydrogens is 499 g/mol. The van der Waals surface area contributed by atoms with Gasteiger partial charge in [0.15, 0.2) is 0 Å². The highest BCUT2D eigenvalue weighted by Gasteiger charge is 2.66. The summed E-state index contributed by atoms with van der Waals surface area (Å²) in [6.07, 6.45) is 3.38. The second-order valence-electron chi connectivity index (χ2n) is 10.5. The van der Waals surface area contributed by atoms with E-state index in [1.807, 2.05) is 0 Å². The normalized spacial score (nSPS) is 23.0. The molecule has 3 aliphatic rings. The predicted molar refractivity (Wildman–Crippen MR) is 142 cm³/mol. The molecule has 3 saturated carbocycles. The number of hydrogen-bond acceptors (Lipinski definition) is 0. The van der Waals surface area contributed by atoms with E-state index in [1.165, 1.54) is 20.3 Å². The summed E-state index contributed by atoms with van der Waals surface area (Å²) >= 11 is 2.33. The lowest BCUT2D eigenvalue weighted by Crippen LogP contribution is -2.60. The molecule has 0 saturated heterocycles. The average Bonchev–Trinajstić information content (AvgIpc) is 2.73. The van der Waals surface area contributed by atoms with Crippen molar-refractivity contribution in [3.63, 3.8) is 0 Å². The molecule has 0 aromatic heterocycles. The van der Waals surface area contributed by atoms with Gasteiger partial charge in [0, 0.05) is 25.5 Å². The molecule has 0 spiro atoms. The summed E-state index contributed by atoms with van der Waals surface area (Å²) in [7, 11) is 0. The molecule has 0 radical (unpaired) electrons. The monoisotopic (exact) mass is 526 g/mol. The Balaban J connectivity index is 1.21. The summed E-state index contributed by atoms with van der Waals surface area (Å²) in [6.45, 7) is 6.75. The van der Waals surface area contributed by atoms with Gasteiger partial charge in [0.25, 0.3) is 0 Å². The summed E-state index contributed by atoms with van der Waals surface area (Å²) < 4.78 is 1.25. The van der Waals surface area contributed by atoms with Gasteiger partial charge >= 0.3 is 0 Å². The van der Waals surface area contributed by atoms with Crippen LogP contribution in [0.2, 0.25) is 0 Å². The molecule has 0 heterocycles. The largest absolute Gasteiger partial charge is 0.0909 e. The maximum atomic E-state index is 3.57. The quantitative estimate of drug-likeness (QED) is 0.224. The first-order valence-electron chi connectivity index (χ1n) is 11.3. The predicted octanol–water partition coefficient (Wildman–Crippen LogP) is 7.83. The zero-order chi connectivity index (χ0) is 22.4. The molecule has 3 aromatic rings. The van der Waals surface area contributed by atoms with E-state index in [0.717, 1.165) is 30.4 Å². The van der Waals surface area contributed by atoms with E-state index in [2.05, 4.69) is 140 Å². The van der Waals surface area contributed by atoms with Crippen LogP contribution in [-0.4, -0.2) is 0 Å². The van der Waals surface area contributed by atoms with E-state index < -0.39 is 0 Å². The van der Waals surface area contributed by atoms with Crippen molar-refractivity contribution < 1.29 is 0 Å². The van der Waals surface area contributed by atoms with Gasteiger partial charge in [-0.1, -0.05) is 80.9 Å². The molecular formula is C31H27I. The Kier molecular flexibility index (Phi) is 5.22. The molecule has 0 atom stereocenters. The SMILES string of the molecule is CC(C)(C)c1ccc(-c2ccc(C#CC34CC(C#Cc5ccc(I)cc5)(C3)C4)cc2)cc1. The highest BCUT2D eigenvalue weighted by molar-refractivity contribution is 14.1. The van der Waals surface area contributed by atoms with E-state index >= 15 is 0 Å². The highest BCUT2D eigenvalue weighted by Crippen LogP contribution is 2.72. The molecule has 0 nitrogen and oxygen atoms in total. The van der Waals surface area contributed by atoms with Crippen LogP contribution in [0.4, 0.5) is 0 Å². The van der Waals surface area contributed by atoms with E-state index in [0.29, 0.717) is 0 Å². The molecule has 6 rings (SSSR count). The Labute approximate surface area is 206 Å². The molecule has 3 fully saturated rings. The Hall–Kier alpha value is -2.49. The molecule has 32 heavy (non-hydrogen) atoms. The minimum absolute atomic E-state index is 0.185. The van der Waals surface area contributed by atoms with Crippen molar-refractivity contribution in [2.75, 3.05) is 0 Å². The van der Waals surface area contributed by atoms with Crippen molar-refractivity contribution in [3.05, 3.63) is 93.1 Å². The third-order valence-corrected chi connectivity index (χ3v) is 7.51. The van der Waals surface area contributed by atoms with E-state index in [4.69, 9.17) is 0 Å². The maximum absolute atomic E-state index is 3.57. The van der Waals surface area contributed by atoms with Crippen molar-refractivity contribution in [3.8, 4) is 34.8 Å². The van der Waals surface area contributed by atoms with Gasteiger partial charge in [-0.2, -0.15) is 0 Å². The van der Waals surface area contributed by atoms with E-state index in [9.17, 15) is 0 Å². The van der Waals surface area contributed by atoms with Gasteiger partial charge in [-0.05, 0) is 100 Å². The third kappa shape index (κ3) is 4.24. The zero-order valence-corrected chi connectivity index (χ0v) is 21.1. The maximum Gasteiger partial charge on any atom is 0.0361 e. The van der Waals surface area contributed by atoms with Crippen LogP contribution in [0.15, 0.2) is 72.8 Å². The van der Waals surface area contributed by atoms with Crippen molar-refractivity contribution >= 4 is 22.6 Å². The first kappa shape index (κ1) is 21.4. The Bertz CT molecular complexity index is 1240. The van der Waals surface area contributed by atoms with Gasteiger partial charge in [-0.3, -0.25) is 0 Å². The van der Waals surface area contributed by atoms with Crippen LogP contribution in [0.25, 0.3) is 11.1 Å².